The van der Waals surface area contributed by atoms with Crippen LogP contribution in [-0.4, -0.2) is 28.6 Å². The fraction of sp³-hybridized carbons (Fsp3) is 0.148. The lowest BCUT2D eigenvalue weighted by Gasteiger charge is -2.14. The Morgan fingerprint density at radius 2 is 1.76 bits per heavy atom. The Kier molecular flexibility index (Phi) is 7.13. The van der Waals surface area contributed by atoms with Gasteiger partial charge in [0.1, 0.15) is 5.75 Å². The van der Waals surface area contributed by atoms with Crippen LogP contribution in [0.5, 0.6) is 5.75 Å². The van der Waals surface area contributed by atoms with Crippen LogP contribution in [0.4, 0.5) is 10.5 Å². The molecule has 0 aliphatic carbocycles. The molecule has 172 valence electrons. The Hall–Kier alpha value is -3.84. The average molecular weight is 473 g/mol. The summed E-state index contributed by atoms with van der Waals surface area (Å²) in [5, 5.41) is 2.52. The number of carbonyl (C=O) groups excluding carboxylic acids is 3. The van der Waals surface area contributed by atoms with Gasteiger partial charge in [0.25, 0.3) is 17.1 Å². The molecule has 34 heavy (non-hydrogen) atoms. The molecule has 3 aromatic rings. The summed E-state index contributed by atoms with van der Waals surface area (Å²) in [5.74, 6) is -0.0207. The number of aryl methyl sites for hydroxylation is 2. The molecule has 1 N–H and O–H groups in total. The van der Waals surface area contributed by atoms with E-state index in [1.165, 1.54) is 4.90 Å². The first-order valence-corrected chi connectivity index (χ1v) is 11.6. The summed E-state index contributed by atoms with van der Waals surface area (Å²) < 4.78 is 5.56. The number of ether oxygens (including phenoxy) is 1. The minimum Gasteiger partial charge on any atom is -0.484 e. The number of imide groups is 1. The lowest BCUT2D eigenvalue weighted by Crippen LogP contribution is -2.27. The van der Waals surface area contributed by atoms with Gasteiger partial charge in [-0.2, -0.15) is 0 Å². The summed E-state index contributed by atoms with van der Waals surface area (Å²) in [4.78, 5) is 39.0. The van der Waals surface area contributed by atoms with E-state index in [0.717, 1.165) is 39.7 Å². The molecular formula is C27H24N2O4S. The van der Waals surface area contributed by atoms with Crippen LogP contribution in [-0.2, 0) is 16.1 Å². The second-order valence-corrected chi connectivity index (χ2v) is 8.96. The molecule has 1 saturated heterocycles. The van der Waals surface area contributed by atoms with Crippen LogP contribution in [0.1, 0.15) is 22.3 Å². The minimum atomic E-state index is -0.300. The Labute approximate surface area is 202 Å². The number of benzene rings is 3. The van der Waals surface area contributed by atoms with Gasteiger partial charge in [-0.15, -0.1) is 0 Å². The standard InChI is InChI=1S/C27H24N2O4S/c1-18-6-5-9-22(14-18)28-25(30)17-33-23-12-10-20(11-13-23)15-24-26(31)29(27(32)34-24)16-21-8-4-3-7-19(21)2/h3-15H,16-17H2,1-2H3,(H,28,30)/b24-15-. The molecule has 1 fully saturated rings. The molecule has 0 atom stereocenters. The second kappa shape index (κ2) is 10.4. The Morgan fingerprint density at radius 1 is 1.00 bits per heavy atom. The summed E-state index contributed by atoms with van der Waals surface area (Å²) in [6.45, 7) is 4.05. The van der Waals surface area contributed by atoms with Gasteiger partial charge in [0, 0.05) is 5.69 Å². The van der Waals surface area contributed by atoms with Crippen LogP contribution < -0.4 is 10.1 Å². The molecule has 1 heterocycles. The van der Waals surface area contributed by atoms with Crippen molar-refractivity contribution in [3.63, 3.8) is 0 Å². The number of carbonyl (C=O) groups is 3. The zero-order valence-electron chi connectivity index (χ0n) is 18.9. The van der Waals surface area contributed by atoms with Gasteiger partial charge >= 0.3 is 0 Å². The van der Waals surface area contributed by atoms with Crippen LogP contribution in [0.15, 0.2) is 77.7 Å². The molecule has 0 aromatic heterocycles. The molecule has 1 aliphatic heterocycles. The van der Waals surface area contributed by atoms with Crippen molar-refractivity contribution in [3.8, 4) is 5.75 Å². The van der Waals surface area contributed by atoms with E-state index in [1.807, 2.05) is 62.4 Å². The highest BCUT2D eigenvalue weighted by atomic mass is 32.2. The van der Waals surface area contributed by atoms with E-state index in [2.05, 4.69) is 5.32 Å². The minimum absolute atomic E-state index is 0.120. The highest BCUT2D eigenvalue weighted by molar-refractivity contribution is 8.18. The molecule has 0 bridgehead atoms. The highest BCUT2D eigenvalue weighted by Crippen LogP contribution is 2.33. The molecule has 0 spiro atoms. The lowest BCUT2D eigenvalue weighted by atomic mass is 10.1. The maximum atomic E-state index is 12.8. The van der Waals surface area contributed by atoms with E-state index < -0.39 is 0 Å². The van der Waals surface area contributed by atoms with Crippen molar-refractivity contribution in [2.75, 3.05) is 11.9 Å². The first kappa shape index (κ1) is 23.3. The number of amides is 3. The second-order valence-electron chi connectivity index (χ2n) is 7.97. The van der Waals surface area contributed by atoms with Crippen LogP contribution >= 0.6 is 11.8 Å². The normalized spacial score (nSPS) is 14.5. The smallest absolute Gasteiger partial charge is 0.293 e. The Bertz CT molecular complexity index is 1270. The van der Waals surface area contributed by atoms with Gasteiger partial charge < -0.3 is 10.1 Å². The van der Waals surface area contributed by atoms with Gasteiger partial charge in [0.05, 0.1) is 11.4 Å². The predicted molar refractivity (Wildman–Crippen MR) is 134 cm³/mol. The van der Waals surface area contributed by atoms with Crippen LogP contribution in [0.2, 0.25) is 0 Å². The number of nitrogens with zero attached hydrogens (tertiary/aromatic N) is 1. The van der Waals surface area contributed by atoms with E-state index >= 15 is 0 Å². The summed E-state index contributed by atoms with van der Waals surface area (Å²) in [6, 6.07) is 22.3. The maximum absolute atomic E-state index is 12.8. The first-order chi connectivity index (χ1) is 16.4. The zero-order valence-corrected chi connectivity index (χ0v) is 19.7. The number of nitrogens with one attached hydrogen (secondary N) is 1. The van der Waals surface area contributed by atoms with Gasteiger partial charge in [0.2, 0.25) is 0 Å². The molecule has 6 nitrogen and oxygen atoms in total. The highest BCUT2D eigenvalue weighted by Gasteiger charge is 2.35. The average Bonchev–Trinajstić information content (AvgIpc) is 3.07. The lowest BCUT2D eigenvalue weighted by molar-refractivity contribution is -0.123. The van der Waals surface area contributed by atoms with Crippen molar-refractivity contribution >= 4 is 40.6 Å². The van der Waals surface area contributed by atoms with E-state index in [0.29, 0.717) is 10.7 Å². The number of anilines is 1. The molecule has 0 saturated carbocycles. The molecule has 3 amide bonds. The van der Waals surface area contributed by atoms with Crippen molar-refractivity contribution < 1.29 is 19.1 Å². The molecule has 0 unspecified atom stereocenters. The quantitative estimate of drug-likeness (QED) is 0.456. The number of rotatable bonds is 7. The molecule has 3 aromatic carbocycles. The van der Waals surface area contributed by atoms with Gasteiger partial charge in [-0.3, -0.25) is 19.3 Å². The van der Waals surface area contributed by atoms with Gasteiger partial charge in [-0.05, 0) is 78.2 Å². The van der Waals surface area contributed by atoms with Crippen molar-refractivity contribution in [1.29, 1.82) is 0 Å². The van der Waals surface area contributed by atoms with E-state index in [4.69, 9.17) is 4.74 Å². The summed E-state index contributed by atoms with van der Waals surface area (Å²) in [7, 11) is 0. The maximum Gasteiger partial charge on any atom is 0.293 e. The number of hydrogen-bond acceptors (Lipinski definition) is 5. The fourth-order valence-corrected chi connectivity index (χ4v) is 4.31. The fourth-order valence-electron chi connectivity index (χ4n) is 3.47. The van der Waals surface area contributed by atoms with Crippen LogP contribution in [0.25, 0.3) is 6.08 Å². The summed E-state index contributed by atoms with van der Waals surface area (Å²) in [5.41, 5.74) is 4.52. The Morgan fingerprint density at radius 3 is 2.50 bits per heavy atom. The van der Waals surface area contributed by atoms with E-state index in [-0.39, 0.29) is 30.2 Å². The third kappa shape index (κ3) is 5.74. The molecule has 7 heteroatoms. The first-order valence-electron chi connectivity index (χ1n) is 10.8. The van der Waals surface area contributed by atoms with Crippen molar-refractivity contribution in [2.24, 2.45) is 0 Å². The van der Waals surface area contributed by atoms with Gasteiger partial charge in [-0.25, -0.2) is 0 Å². The monoisotopic (exact) mass is 472 g/mol. The van der Waals surface area contributed by atoms with Crippen LogP contribution in [0.3, 0.4) is 0 Å². The largest absolute Gasteiger partial charge is 0.484 e. The van der Waals surface area contributed by atoms with Crippen molar-refractivity contribution in [1.82, 2.24) is 4.90 Å². The summed E-state index contributed by atoms with van der Waals surface area (Å²) in [6.07, 6.45) is 1.69. The van der Waals surface area contributed by atoms with E-state index in [9.17, 15) is 14.4 Å². The van der Waals surface area contributed by atoms with Crippen molar-refractivity contribution in [3.05, 3.63) is 100.0 Å². The zero-order chi connectivity index (χ0) is 24.1. The Balaban J connectivity index is 1.35. The van der Waals surface area contributed by atoms with Gasteiger partial charge in [-0.1, -0.05) is 48.5 Å². The number of hydrogen-bond donors (Lipinski definition) is 1. The van der Waals surface area contributed by atoms with Gasteiger partial charge in [0.15, 0.2) is 6.61 Å². The third-order valence-electron chi connectivity index (χ3n) is 5.31. The predicted octanol–water partition coefficient (Wildman–Crippen LogP) is 5.56. The van der Waals surface area contributed by atoms with Crippen LogP contribution in [0, 0.1) is 13.8 Å². The SMILES string of the molecule is Cc1cccc(NC(=O)COc2ccc(/C=C3\SC(=O)N(Cc4ccccc4C)C3=O)cc2)c1. The third-order valence-corrected chi connectivity index (χ3v) is 6.22. The van der Waals surface area contributed by atoms with Crippen molar-refractivity contribution in [2.45, 2.75) is 20.4 Å². The molecule has 0 radical (unpaired) electrons. The molecular weight excluding hydrogens is 448 g/mol. The molecule has 4 rings (SSSR count). The number of thioether (sulfide) groups is 1. The topological polar surface area (TPSA) is 75.7 Å². The molecule has 1 aliphatic rings. The van der Waals surface area contributed by atoms with E-state index in [1.54, 1.807) is 30.3 Å². The summed E-state index contributed by atoms with van der Waals surface area (Å²) >= 11 is 0.936.